The molecule has 3 nitrogen and oxygen atoms in total. The van der Waals surface area contributed by atoms with E-state index in [9.17, 15) is 0 Å². The summed E-state index contributed by atoms with van der Waals surface area (Å²) in [5, 5.41) is 6.94. The molecule has 0 fully saturated rings. The Morgan fingerprint density at radius 3 is 2.36 bits per heavy atom. The van der Waals surface area contributed by atoms with Crippen LogP contribution < -0.4 is 5.73 Å². The second-order valence-electron chi connectivity index (χ2n) is 3.10. The summed E-state index contributed by atoms with van der Waals surface area (Å²) in [6.07, 6.45) is 0.797. The normalized spacial score (nSPS) is 13.5. The van der Waals surface area contributed by atoms with Crippen molar-refractivity contribution in [1.82, 2.24) is 0 Å². The zero-order valence-corrected chi connectivity index (χ0v) is 7.55. The van der Waals surface area contributed by atoms with Crippen molar-refractivity contribution in [3.05, 3.63) is 0 Å². The Morgan fingerprint density at radius 1 is 1.45 bits per heavy atom. The molecule has 0 saturated carbocycles. The van der Waals surface area contributed by atoms with Gasteiger partial charge >= 0.3 is 0 Å². The van der Waals surface area contributed by atoms with Gasteiger partial charge in [-0.3, -0.25) is 5.41 Å². The zero-order chi connectivity index (χ0) is 8.85. The maximum Gasteiger partial charge on any atom is 0.0928 e. The first kappa shape index (κ1) is 10.4. The molecular formula is C8H18N2O. The third kappa shape index (κ3) is 5.85. The summed E-state index contributed by atoms with van der Waals surface area (Å²) < 4.78 is 5.39. The van der Waals surface area contributed by atoms with Gasteiger partial charge in [-0.05, 0) is 12.8 Å². The molecule has 3 N–H and O–H groups in total. The maximum absolute atomic E-state index is 6.94. The number of hydrogen-bond donors (Lipinski definition) is 2. The maximum atomic E-state index is 6.94. The topological polar surface area (TPSA) is 59.1 Å². The number of ether oxygens (including phenoxy) is 1. The van der Waals surface area contributed by atoms with Gasteiger partial charge in [-0.25, -0.2) is 0 Å². The van der Waals surface area contributed by atoms with Crippen LogP contribution in [0.3, 0.4) is 0 Å². The fourth-order valence-electron chi connectivity index (χ4n) is 0.547. The van der Waals surface area contributed by atoms with Crippen molar-refractivity contribution in [1.29, 1.82) is 5.41 Å². The largest absolute Gasteiger partial charge is 0.388 e. The molecule has 66 valence electrons. The Balaban J connectivity index is 3.31. The predicted molar refractivity (Wildman–Crippen MR) is 46.8 cm³/mol. The summed E-state index contributed by atoms with van der Waals surface area (Å²) in [5.74, 6) is 0.725. The van der Waals surface area contributed by atoms with Gasteiger partial charge in [0.25, 0.3) is 0 Å². The van der Waals surface area contributed by atoms with Crippen LogP contribution in [-0.2, 0) is 4.74 Å². The van der Waals surface area contributed by atoms with Crippen LogP contribution in [0.4, 0.5) is 0 Å². The van der Waals surface area contributed by atoms with Gasteiger partial charge in [0.05, 0.1) is 18.5 Å². The molecule has 0 saturated heterocycles. The quantitative estimate of drug-likeness (QED) is 0.469. The third-order valence-electron chi connectivity index (χ3n) is 1.69. The van der Waals surface area contributed by atoms with Gasteiger partial charge in [-0.2, -0.15) is 0 Å². The number of hydrogen-bond acceptors (Lipinski definition) is 2. The van der Waals surface area contributed by atoms with Crippen LogP contribution in [0.5, 0.6) is 0 Å². The van der Waals surface area contributed by atoms with Crippen molar-refractivity contribution in [2.24, 2.45) is 11.7 Å². The molecule has 0 aliphatic carbocycles. The van der Waals surface area contributed by atoms with E-state index < -0.39 is 0 Å². The minimum absolute atomic E-state index is 0.195. The number of nitrogens with one attached hydrogen (secondary N) is 1. The molecule has 0 amide bonds. The molecule has 0 radical (unpaired) electrons. The van der Waals surface area contributed by atoms with Gasteiger partial charge in [-0.15, -0.1) is 0 Å². The minimum Gasteiger partial charge on any atom is -0.388 e. The molecular weight excluding hydrogens is 140 g/mol. The first-order valence-electron chi connectivity index (χ1n) is 3.98. The van der Waals surface area contributed by atoms with E-state index in [0.29, 0.717) is 18.9 Å². The number of nitrogens with two attached hydrogens (primary N) is 1. The van der Waals surface area contributed by atoms with Gasteiger partial charge in [-0.1, -0.05) is 13.8 Å². The monoisotopic (exact) mass is 158 g/mol. The Labute approximate surface area is 68.4 Å². The van der Waals surface area contributed by atoms with Crippen molar-refractivity contribution in [2.45, 2.75) is 33.3 Å². The summed E-state index contributed by atoms with van der Waals surface area (Å²) in [6.45, 7) is 6.82. The molecule has 0 rings (SSSR count). The third-order valence-corrected chi connectivity index (χ3v) is 1.69. The van der Waals surface area contributed by atoms with Gasteiger partial charge in [0.1, 0.15) is 0 Å². The van der Waals surface area contributed by atoms with Crippen LogP contribution in [0.25, 0.3) is 0 Å². The first-order chi connectivity index (χ1) is 5.04. The van der Waals surface area contributed by atoms with Crippen molar-refractivity contribution in [3.63, 3.8) is 0 Å². The lowest BCUT2D eigenvalue weighted by molar-refractivity contribution is 0.0399. The second kappa shape index (κ2) is 5.13. The van der Waals surface area contributed by atoms with Crippen molar-refractivity contribution < 1.29 is 4.74 Å². The SMILES string of the molecule is CC(C)C(C)OCCC(=N)N. The van der Waals surface area contributed by atoms with Crippen LogP contribution in [0.15, 0.2) is 0 Å². The number of rotatable bonds is 5. The highest BCUT2D eigenvalue weighted by Crippen LogP contribution is 2.04. The van der Waals surface area contributed by atoms with Crippen LogP contribution in [0, 0.1) is 11.3 Å². The van der Waals surface area contributed by atoms with Gasteiger partial charge in [0, 0.05) is 6.42 Å². The molecule has 0 aliphatic heterocycles. The van der Waals surface area contributed by atoms with Gasteiger partial charge in [0.15, 0.2) is 0 Å². The standard InChI is InChI=1S/C8H18N2O/c1-6(2)7(3)11-5-4-8(9)10/h6-7H,4-5H2,1-3H3,(H3,9,10). The van der Waals surface area contributed by atoms with E-state index in [1.54, 1.807) is 0 Å². The fraction of sp³-hybridized carbons (Fsp3) is 0.875. The fourth-order valence-corrected chi connectivity index (χ4v) is 0.547. The van der Waals surface area contributed by atoms with E-state index in [-0.39, 0.29) is 11.9 Å². The molecule has 0 aromatic carbocycles. The zero-order valence-electron chi connectivity index (χ0n) is 7.55. The van der Waals surface area contributed by atoms with Crippen molar-refractivity contribution >= 4 is 5.84 Å². The molecule has 1 atom stereocenters. The Bertz CT molecular complexity index is 123. The van der Waals surface area contributed by atoms with Crippen LogP contribution in [0.2, 0.25) is 0 Å². The molecule has 0 spiro atoms. The average Bonchev–Trinajstić information content (AvgIpc) is 1.86. The second-order valence-corrected chi connectivity index (χ2v) is 3.10. The molecule has 11 heavy (non-hydrogen) atoms. The van der Waals surface area contributed by atoms with Crippen LogP contribution in [-0.4, -0.2) is 18.5 Å². The molecule has 0 bridgehead atoms. The average molecular weight is 158 g/mol. The molecule has 0 aromatic heterocycles. The summed E-state index contributed by atoms with van der Waals surface area (Å²) in [6, 6.07) is 0. The lowest BCUT2D eigenvalue weighted by Gasteiger charge is -2.15. The highest BCUT2D eigenvalue weighted by molar-refractivity contribution is 5.76. The summed E-state index contributed by atoms with van der Waals surface area (Å²) in [4.78, 5) is 0. The Morgan fingerprint density at radius 2 is 2.00 bits per heavy atom. The summed E-state index contributed by atoms with van der Waals surface area (Å²) in [7, 11) is 0. The molecule has 3 heteroatoms. The molecule has 0 heterocycles. The van der Waals surface area contributed by atoms with E-state index in [2.05, 4.69) is 13.8 Å². The highest BCUT2D eigenvalue weighted by atomic mass is 16.5. The van der Waals surface area contributed by atoms with E-state index in [0.717, 1.165) is 0 Å². The van der Waals surface area contributed by atoms with E-state index in [1.807, 2.05) is 6.92 Å². The lowest BCUT2D eigenvalue weighted by atomic mass is 10.1. The minimum atomic E-state index is 0.195. The van der Waals surface area contributed by atoms with Crippen LogP contribution >= 0.6 is 0 Å². The lowest BCUT2D eigenvalue weighted by Crippen LogP contribution is -2.19. The molecule has 0 aliphatic rings. The predicted octanol–water partition coefficient (Wildman–Crippen LogP) is 1.37. The van der Waals surface area contributed by atoms with E-state index >= 15 is 0 Å². The van der Waals surface area contributed by atoms with E-state index in [4.69, 9.17) is 15.9 Å². The Hall–Kier alpha value is -0.570. The van der Waals surface area contributed by atoms with E-state index in [1.165, 1.54) is 0 Å². The van der Waals surface area contributed by atoms with Gasteiger partial charge < -0.3 is 10.5 Å². The van der Waals surface area contributed by atoms with Crippen LogP contribution in [0.1, 0.15) is 27.2 Å². The van der Waals surface area contributed by atoms with Gasteiger partial charge in [0.2, 0.25) is 0 Å². The van der Waals surface area contributed by atoms with Crippen molar-refractivity contribution in [2.75, 3.05) is 6.61 Å². The first-order valence-corrected chi connectivity index (χ1v) is 3.98. The summed E-state index contributed by atoms with van der Waals surface area (Å²) >= 11 is 0. The molecule has 0 aromatic rings. The number of amidine groups is 1. The summed E-state index contributed by atoms with van der Waals surface area (Å²) in [5.41, 5.74) is 5.16. The highest BCUT2D eigenvalue weighted by Gasteiger charge is 2.06. The van der Waals surface area contributed by atoms with Crippen molar-refractivity contribution in [3.8, 4) is 0 Å². The Kier molecular flexibility index (Phi) is 4.86. The molecule has 1 unspecified atom stereocenters. The smallest absolute Gasteiger partial charge is 0.0928 e.